The summed E-state index contributed by atoms with van der Waals surface area (Å²) in [5.74, 6) is -1.59. The lowest BCUT2D eigenvalue weighted by Gasteiger charge is -2.08. The van der Waals surface area contributed by atoms with E-state index in [-0.39, 0.29) is 22.4 Å². The van der Waals surface area contributed by atoms with Crippen LogP contribution in [0.15, 0.2) is 12.1 Å². The minimum atomic E-state index is -1.46. The average Bonchev–Trinajstić information content (AvgIpc) is 2.28. The molecule has 1 aromatic heterocycles. The third-order valence-corrected chi connectivity index (χ3v) is 2.33. The van der Waals surface area contributed by atoms with E-state index < -0.39 is 17.9 Å². The van der Waals surface area contributed by atoms with E-state index in [2.05, 4.69) is 10.3 Å². The Labute approximate surface area is 107 Å². The molecule has 1 aromatic rings. The maximum atomic E-state index is 11.6. The van der Waals surface area contributed by atoms with E-state index in [1.807, 2.05) is 0 Å². The van der Waals surface area contributed by atoms with Gasteiger partial charge in [0.15, 0.2) is 0 Å². The maximum Gasteiger partial charge on any atom is 0.271 e. The van der Waals surface area contributed by atoms with Crippen LogP contribution in [-0.2, 0) is 4.79 Å². The van der Waals surface area contributed by atoms with Crippen molar-refractivity contribution in [2.75, 3.05) is 6.54 Å². The van der Waals surface area contributed by atoms with Crippen molar-refractivity contribution < 1.29 is 14.7 Å². The summed E-state index contributed by atoms with van der Waals surface area (Å²) in [6.45, 7) is -0.321. The summed E-state index contributed by atoms with van der Waals surface area (Å²) in [6.07, 6.45) is -1.46. The number of hydrogen-bond donors (Lipinski definition) is 3. The number of aliphatic hydroxyl groups excluding tert-OH is 1. The SMILES string of the molecule is NC(=O)C(O)CNC(=O)c1nc(Cl)ccc1Cl. The van der Waals surface area contributed by atoms with Gasteiger partial charge in [-0.3, -0.25) is 9.59 Å². The van der Waals surface area contributed by atoms with Crippen molar-refractivity contribution in [1.82, 2.24) is 10.3 Å². The molecule has 0 spiro atoms. The van der Waals surface area contributed by atoms with E-state index in [0.29, 0.717) is 0 Å². The molecule has 6 nitrogen and oxygen atoms in total. The molecule has 8 heteroatoms. The molecule has 0 saturated carbocycles. The number of rotatable bonds is 4. The first-order chi connectivity index (χ1) is 7.91. The molecule has 1 rings (SSSR count). The van der Waals surface area contributed by atoms with Crippen molar-refractivity contribution in [2.24, 2.45) is 5.73 Å². The van der Waals surface area contributed by atoms with Crippen LogP contribution in [0.1, 0.15) is 10.5 Å². The Bertz CT molecular complexity index is 453. The number of primary amides is 1. The molecule has 1 heterocycles. The van der Waals surface area contributed by atoms with Crippen molar-refractivity contribution in [3.63, 3.8) is 0 Å². The highest BCUT2D eigenvalue weighted by Gasteiger charge is 2.16. The van der Waals surface area contributed by atoms with Gasteiger partial charge < -0.3 is 16.2 Å². The molecule has 4 N–H and O–H groups in total. The number of nitrogens with one attached hydrogen (secondary N) is 1. The van der Waals surface area contributed by atoms with Gasteiger partial charge in [-0.1, -0.05) is 23.2 Å². The Hall–Kier alpha value is -1.37. The predicted molar refractivity (Wildman–Crippen MR) is 61.8 cm³/mol. The van der Waals surface area contributed by atoms with Crippen molar-refractivity contribution in [1.29, 1.82) is 0 Å². The summed E-state index contributed by atoms with van der Waals surface area (Å²) in [7, 11) is 0. The van der Waals surface area contributed by atoms with Gasteiger partial charge in [0.05, 0.1) is 11.6 Å². The molecular formula is C9H9Cl2N3O3. The molecule has 0 aliphatic rings. The number of carbonyl (C=O) groups excluding carboxylic acids is 2. The first-order valence-electron chi connectivity index (χ1n) is 4.49. The first kappa shape index (κ1) is 13.7. The van der Waals surface area contributed by atoms with Gasteiger partial charge in [-0.25, -0.2) is 4.98 Å². The molecular weight excluding hydrogens is 269 g/mol. The van der Waals surface area contributed by atoms with E-state index in [1.54, 1.807) is 0 Å². The maximum absolute atomic E-state index is 11.6. The molecule has 0 bridgehead atoms. The second kappa shape index (κ2) is 5.81. The first-order valence-corrected chi connectivity index (χ1v) is 5.25. The molecule has 0 aliphatic carbocycles. The molecule has 17 heavy (non-hydrogen) atoms. The van der Waals surface area contributed by atoms with Gasteiger partial charge in [0, 0.05) is 0 Å². The zero-order chi connectivity index (χ0) is 13.0. The van der Waals surface area contributed by atoms with Gasteiger partial charge >= 0.3 is 0 Å². The predicted octanol–water partition coefficient (Wildman–Crippen LogP) is -0.0356. The number of pyridine rings is 1. The van der Waals surface area contributed by atoms with Crippen LogP contribution in [0.3, 0.4) is 0 Å². The number of hydrogen-bond acceptors (Lipinski definition) is 4. The van der Waals surface area contributed by atoms with Gasteiger partial charge in [-0.2, -0.15) is 0 Å². The number of carbonyl (C=O) groups is 2. The fraction of sp³-hybridized carbons (Fsp3) is 0.222. The van der Waals surface area contributed by atoms with Gasteiger partial charge in [0.25, 0.3) is 5.91 Å². The third-order valence-electron chi connectivity index (χ3n) is 1.81. The molecule has 2 amide bonds. The van der Waals surface area contributed by atoms with Gasteiger partial charge in [0.2, 0.25) is 5.91 Å². The van der Waals surface area contributed by atoms with E-state index >= 15 is 0 Å². The second-order valence-electron chi connectivity index (χ2n) is 3.09. The van der Waals surface area contributed by atoms with E-state index in [4.69, 9.17) is 34.0 Å². The Morgan fingerprint density at radius 2 is 2.12 bits per heavy atom. The number of aliphatic hydroxyl groups is 1. The largest absolute Gasteiger partial charge is 0.381 e. The Kier molecular flexibility index (Phi) is 4.68. The third kappa shape index (κ3) is 3.85. The molecule has 0 aromatic carbocycles. The normalized spacial score (nSPS) is 11.9. The molecule has 0 saturated heterocycles. The summed E-state index contributed by atoms with van der Waals surface area (Å²) >= 11 is 11.3. The standard InChI is InChI=1S/C9H9Cl2N3O3/c10-4-1-2-6(11)14-7(4)9(17)13-3-5(15)8(12)16/h1-2,5,15H,3H2,(H2,12,16)(H,13,17). The molecule has 92 valence electrons. The van der Waals surface area contributed by atoms with Gasteiger partial charge in [-0.05, 0) is 12.1 Å². The van der Waals surface area contributed by atoms with Crippen molar-refractivity contribution in [3.05, 3.63) is 28.0 Å². The highest BCUT2D eigenvalue weighted by Crippen LogP contribution is 2.16. The summed E-state index contributed by atoms with van der Waals surface area (Å²) in [6, 6.07) is 2.84. The zero-order valence-corrected chi connectivity index (χ0v) is 10.00. The lowest BCUT2D eigenvalue weighted by molar-refractivity contribution is -0.125. The van der Waals surface area contributed by atoms with Crippen molar-refractivity contribution in [3.8, 4) is 0 Å². The minimum absolute atomic E-state index is 0.0872. The summed E-state index contributed by atoms with van der Waals surface area (Å²) < 4.78 is 0. The van der Waals surface area contributed by atoms with Crippen LogP contribution in [0, 0.1) is 0 Å². The van der Waals surface area contributed by atoms with Gasteiger partial charge in [-0.15, -0.1) is 0 Å². The lowest BCUT2D eigenvalue weighted by atomic mass is 10.3. The van der Waals surface area contributed by atoms with E-state index in [9.17, 15) is 9.59 Å². The van der Waals surface area contributed by atoms with Crippen LogP contribution < -0.4 is 11.1 Å². The van der Waals surface area contributed by atoms with Crippen LogP contribution in [-0.4, -0.2) is 34.6 Å². The topological polar surface area (TPSA) is 105 Å². The van der Waals surface area contributed by atoms with Crippen LogP contribution >= 0.6 is 23.2 Å². The number of nitrogens with two attached hydrogens (primary N) is 1. The van der Waals surface area contributed by atoms with Crippen molar-refractivity contribution >= 4 is 35.0 Å². The number of nitrogens with zero attached hydrogens (tertiary/aromatic N) is 1. The van der Waals surface area contributed by atoms with Gasteiger partial charge in [0.1, 0.15) is 17.0 Å². The molecule has 1 unspecified atom stereocenters. The monoisotopic (exact) mass is 277 g/mol. The Morgan fingerprint density at radius 1 is 1.47 bits per heavy atom. The summed E-state index contributed by atoms with van der Waals surface area (Å²) in [4.78, 5) is 25.8. The molecule has 0 fully saturated rings. The highest BCUT2D eigenvalue weighted by molar-refractivity contribution is 6.34. The fourth-order valence-electron chi connectivity index (χ4n) is 0.951. The molecule has 0 radical (unpaired) electrons. The Morgan fingerprint density at radius 3 is 2.71 bits per heavy atom. The highest BCUT2D eigenvalue weighted by atomic mass is 35.5. The fourth-order valence-corrected chi connectivity index (χ4v) is 1.29. The quantitative estimate of drug-likeness (QED) is 0.672. The summed E-state index contributed by atoms with van der Waals surface area (Å²) in [5, 5.41) is 11.5. The number of aromatic nitrogens is 1. The van der Waals surface area contributed by atoms with Crippen LogP contribution in [0.4, 0.5) is 0 Å². The summed E-state index contributed by atoms with van der Waals surface area (Å²) in [5.41, 5.74) is 4.72. The lowest BCUT2D eigenvalue weighted by Crippen LogP contribution is -2.40. The molecule has 0 aliphatic heterocycles. The minimum Gasteiger partial charge on any atom is -0.381 e. The molecule has 1 atom stereocenters. The van der Waals surface area contributed by atoms with E-state index in [0.717, 1.165) is 0 Å². The second-order valence-corrected chi connectivity index (χ2v) is 3.89. The van der Waals surface area contributed by atoms with Crippen LogP contribution in [0.2, 0.25) is 10.2 Å². The van der Waals surface area contributed by atoms with Crippen LogP contribution in [0.25, 0.3) is 0 Å². The van der Waals surface area contributed by atoms with Crippen molar-refractivity contribution in [2.45, 2.75) is 6.10 Å². The zero-order valence-electron chi connectivity index (χ0n) is 8.48. The Balaban J connectivity index is 2.70. The smallest absolute Gasteiger partial charge is 0.271 e. The van der Waals surface area contributed by atoms with E-state index in [1.165, 1.54) is 12.1 Å². The van der Waals surface area contributed by atoms with Crippen LogP contribution in [0.5, 0.6) is 0 Å². The average molecular weight is 278 g/mol. The number of halogens is 2. The number of amides is 2.